The van der Waals surface area contributed by atoms with Gasteiger partial charge in [0, 0.05) is 17.8 Å². The van der Waals surface area contributed by atoms with Crippen LogP contribution in [0.3, 0.4) is 0 Å². The van der Waals surface area contributed by atoms with Gasteiger partial charge in [-0.1, -0.05) is 0 Å². The Morgan fingerprint density at radius 1 is 1.53 bits per heavy atom. The molecular formula is C10H15FN2O3S. The fourth-order valence-corrected chi connectivity index (χ4v) is 2.67. The van der Waals surface area contributed by atoms with Crippen LogP contribution in [-0.2, 0) is 10.0 Å². The molecule has 0 heterocycles. The first-order valence-electron chi connectivity index (χ1n) is 4.97. The Morgan fingerprint density at radius 2 is 2.12 bits per heavy atom. The van der Waals surface area contributed by atoms with Crippen molar-refractivity contribution < 1.29 is 17.9 Å². The predicted molar refractivity (Wildman–Crippen MR) is 62.4 cm³/mol. The van der Waals surface area contributed by atoms with Gasteiger partial charge in [0.25, 0.3) is 0 Å². The number of nitrogens with one attached hydrogen (secondary N) is 1. The number of hydrogen-bond acceptors (Lipinski definition) is 4. The molecule has 0 radical (unpaired) electrons. The summed E-state index contributed by atoms with van der Waals surface area (Å²) >= 11 is 0. The Kier molecular flexibility index (Phi) is 4.07. The first-order chi connectivity index (χ1) is 7.74. The van der Waals surface area contributed by atoms with Gasteiger partial charge in [-0.15, -0.1) is 0 Å². The third-order valence-electron chi connectivity index (χ3n) is 2.18. The van der Waals surface area contributed by atoms with Gasteiger partial charge in [-0.05, 0) is 26.0 Å². The molecule has 0 aliphatic rings. The highest BCUT2D eigenvalue weighted by molar-refractivity contribution is 7.89. The van der Waals surface area contributed by atoms with Crippen molar-refractivity contribution in [2.24, 2.45) is 0 Å². The lowest BCUT2D eigenvalue weighted by Gasteiger charge is -2.11. The van der Waals surface area contributed by atoms with E-state index in [-0.39, 0.29) is 22.7 Å². The van der Waals surface area contributed by atoms with Crippen molar-refractivity contribution in [3.8, 4) is 0 Å². The van der Waals surface area contributed by atoms with Crippen molar-refractivity contribution in [2.75, 3.05) is 12.3 Å². The number of nitrogens with two attached hydrogens (primary N) is 1. The minimum Gasteiger partial charge on any atom is -0.399 e. The molecule has 0 bridgehead atoms. The number of sulfonamides is 1. The number of halogens is 1. The molecule has 1 aromatic rings. The minimum absolute atomic E-state index is 0.00251. The maximum Gasteiger partial charge on any atom is 0.241 e. The molecule has 5 nitrogen and oxygen atoms in total. The normalized spacial score (nSPS) is 13.6. The van der Waals surface area contributed by atoms with Crippen molar-refractivity contribution in [1.29, 1.82) is 0 Å². The largest absolute Gasteiger partial charge is 0.399 e. The Balaban J connectivity index is 3.15. The maximum atomic E-state index is 13.3. The standard InChI is InChI=1S/C10H15FN2O3S/c1-6(14)5-13-17(15,16)10-4-8(12)3-9(11)7(10)2/h3-4,6,13-14H,5,12H2,1-2H3/t6-/m1/s1. The second-order valence-electron chi connectivity index (χ2n) is 3.83. The third-order valence-corrected chi connectivity index (χ3v) is 3.73. The minimum atomic E-state index is -3.86. The second kappa shape index (κ2) is 4.99. The summed E-state index contributed by atoms with van der Waals surface area (Å²) in [4.78, 5) is -0.212. The molecule has 0 saturated carbocycles. The van der Waals surface area contributed by atoms with E-state index in [9.17, 15) is 12.8 Å². The van der Waals surface area contributed by atoms with Gasteiger partial charge in [-0.25, -0.2) is 17.5 Å². The molecule has 96 valence electrons. The molecule has 0 amide bonds. The molecule has 0 aliphatic heterocycles. The molecule has 1 rings (SSSR count). The average Bonchev–Trinajstić information content (AvgIpc) is 2.20. The Labute approximate surface area is 99.5 Å². The van der Waals surface area contributed by atoms with E-state index < -0.39 is 21.9 Å². The molecular weight excluding hydrogens is 247 g/mol. The fraction of sp³-hybridized carbons (Fsp3) is 0.400. The molecule has 1 aromatic carbocycles. The van der Waals surface area contributed by atoms with Crippen LogP contribution in [0.4, 0.5) is 10.1 Å². The molecule has 0 aromatic heterocycles. The second-order valence-corrected chi connectivity index (χ2v) is 5.56. The summed E-state index contributed by atoms with van der Waals surface area (Å²) in [6.07, 6.45) is -0.823. The number of aliphatic hydroxyl groups is 1. The molecule has 7 heteroatoms. The summed E-state index contributed by atoms with van der Waals surface area (Å²) in [5.41, 5.74) is 5.43. The van der Waals surface area contributed by atoms with Gasteiger partial charge in [0.1, 0.15) is 5.82 Å². The van der Waals surface area contributed by atoms with E-state index >= 15 is 0 Å². The van der Waals surface area contributed by atoms with Crippen LogP contribution < -0.4 is 10.5 Å². The van der Waals surface area contributed by atoms with Gasteiger partial charge in [0.15, 0.2) is 0 Å². The van der Waals surface area contributed by atoms with E-state index in [2.05, 4.69) is 4.72 Å². The van der Waals surface area contributed by atoms with Crippen molar-refractivity contribution in [3.63, 3.8) is 0 Å². The quantitative estimate of drug-likeness (QED) is 0.684. The first-order valence-corrected chi connectivity index (χ1v) is 6.45. The summed E-state index contributed by atoms with van der Waals surface area (Å²) in [6, 6.07) is 2.24. The summed E-state index contributed by atoms with van der Waals surface area (Å²) in [7, 11) is -3.86. The molecule has 0 aliphatic carbocycles. The fourth-order valence-electron chi connectivity index (χ4n) is 1.26. The van der Waals surface area contributed by atoms with Gasteiger partial charge >= 0.3 is 0 Å². The highest BCUT2D eigenvalue weighted by atomic mass is 32.2. The van der Waals surface area contributed by atoms with Crippen molar-refractivity contribution in [1.82, 2.24) is 4.72 Å². The SMILES string of the molecule is Cc1c(F)cc(N)cc1S(=O)(=O)NC[C@@H](C)O. The number of hydrogen-bond donors (Lipinski definition) is 3. The zero-order chi connectivity index (χ0) is 13.2. The van der Waals surface area contributed by atoms with Crippen LogP contribution in [0.15, 0.2) is 17.0 Å². The number of rotatable bonds is 4. The zero-order valence-corrected chi connectivity index (χ0v) is 10.4. The maximum absolute atomic E-state index is 13.3. The van der Waals surface area contributed by atoms with Crippen LogP contribution >= 0.6 is 0 Å². The van der Waals surface area contributed by atoms with Gasteiger partial charge < -0.3 is 10.8 Å². The number of nitrogen functional groups attached to an aromatic ring is 1. The van der Waals surface area contributed by atoms with E-state index in [4.69, 9.17) is 10.8 Å². The van der Waals surface area contributed by atoms with Gasteiger partial charge in [0.2, 0.25) is 10.0 Å². The van der Waals surface area contributed by atoms with Gasteiger partial charge in [-0.3, -0.25) is 0 Å². The van der Waals surface area contributed by atoms with E-state index in [1.54, 1.807) is 0 Å². The topological polar surface area (TPSA) is 92.4 Å². The molecule has 0 saturated heterocycles. The lowest BCUT2D eigenvalue weighted by molar-refractivity contribution is 0.198. The Bertz CT molecular complexity index is 515. The molecule has 4 N–H and O–H groups in total. The Morgan fingerprint density at radius 3 is 2.65 bits per heavy atom. The number of benzene rings is 1. The van der Waals surface area contributed by atoms with Gasteiger partial charge in [0.05, 0.1) is 11.0 Å². The Hall–Kier alpha value is -1.18. The summed E-state index contributed by atoms with van der Waals surface area (Å²) in [5.74, 6) is -0.678. The monoisotopic (exact) mass is 262 g/mol. The van der Waals surface area contributed by atoms with E-state index in [0.29, 0.717) is 0 Å². The zero-order valence-electron chi connectivity index (χ0n) is 9.57. The highest BCUT2D eigenvalue weighted by Gasteiger charge is 2.19. The summed E-state index contributed by atoms with van der Waals surface area (Å²) < 4.78 is 39.2. The van der Waals surface area contributed by atoms with E-state index in [1.807, 2.05) is 0 Å². The van der Waals surface area contributed by atoms with Crippen LogP contribution in [-0.4, -0.2) is 26.2 Å². The number of anilines is 1. The van der Waals surface area contributed by atoms with Crippen molar-refractivity contribution in [2.45, 2.75) is 24.8 Å². The highest BCUT2D eigenvalue weighted by Crippen LogP contribution is 2.21. The molecule has 0 fully saturated rings. The smallest absolute Gasteiger partial charge is 0.241 e. The molecule has 17 heavy (non-hydrogen) atoms. The van der Waals surface area contributed by atoms with E-state index in [0.717, 1.165) is 6.07 Å². The molecule has 1 atom stereocenters. The molecule has 0 spiro atoms. The predicted octanol–water partition coefficient (Wildman–Crippen LogP) is 0.375. The lowest BCUT2D eigenvalue weighted by Crippen LogP contribution is -2.31. The lowest BCUT2D eigenvalue weighted by atomic mass is 10.2. The summed E-state index contributed by atoms with van der Waals surface area (Å²) in [5, 5.41) is 9.02. The van der Waals surface area contributed by atoms with Crippen LogP contribution in [0.25, 0.3) is 0 Å². The van der Waals surface area contributed by atoms with Crippen LogP contribution in [0.2, 0.25) is 0 Å². The summed E-state index contributed by atoms with van der Waals surface area (Å²) in [6.45, 7) is 2.65. The molecule has 0 unspecified atom stereocenters. The van der Waals surface area contributed by atoms with Gasteiger partial charge in [-0.2, -0.15) is 0 Å². The van der Waals surface area contributed by atoms with Crippen LogP contribution in [0.5, 0.6) is 0 Å². The third kappa shape index (κ3) is 3.39. The van der Waals surface area contributed by atoms with Crippen molar-refractivity contribution >= 4 is 15.7 Å². The van der Waals surface area contributed by atoms with Crippen LogP contribution in [0.1, 0.15) is 12.5 Å². The van der Waals surface area contributed by atoms with Crippen molar-refractivity contribution in [3.05, 3.63) is 23.5 Å². The average molecular weight is 262 g/mol. The van der Waals surface area contributed by atoms with Crippen LogP contribution in [0, 0.1) is 12.7 Å². The van der Waals surface area contributed by atoms with E-state index in [1.165, 1.54) is 19.9 Å². The number of aliphatic hydroxyl groups excluding tert-OH is 1. The first kappa shape index (κ1) is 13.9.